The van der Waals surface area contributed by atoms with Crippen molar-refractivity contribution >= 4 is 0 Å². The summed E-state index contributed by atoms with van der Waals surface area (Å²) in [6.07, 6.45) is 7.20. The van der Waals surface area contributed by atoms with Crippen molar-refractivity contribution in [1.29, 1.82) is 0 Å². The highest BCUT2D eigenvalue weighted by Crippen LogP contribution is 2.36. The molecule has 0 radical (unpaired) electrons. The van der Waals surface area contributed by atoms with Crippen LogP contribution in [-0.4, -0.2) is 20.3 Å². The second-order valence-electron chi connectivity index (χ2n) is 2.96. The minimum absolute atomic E-state index is 0.402. The van der Waals surface area contributed by atoms with Gasteiger partial charge in [0.15, 0.2) is 0 Å². The number of nitrogens with zero attached hydrogens (tertiary/aromatic N) is 2. The molecule has 2 rings (SSSR count). The maximum atomic E-state index is 9.45. The Balaban J connectivity index is 2.04. The maximum Gasteiger partial charge on any atom is 0.0946 e. The monoisotopic (exact) mass is 138 g/mol. The summed E-state index contributed by atoms with van der Waals surface area (Å²) in [5, 5.41) is 9.45. The quantitative estimate of drug-likeness (QED) is 0.642. The third-order valence-electron chi connectivity index (χ3n) is 1.86. The van der Waals surface area contributed by atoms with Crippen LogP contribution in [0.5, 0.6) is 0 Å². The molecule has 0 spiro atoms. The molecule has 0 atom stereocenters. The maximum absolute atomic E-state index is 9.45. The van der Waals surface area contributed by atoms with Gasteiger partial charge in [0.1, 0.15) is 0 Å². The molecule has 1 fully saturated rings. The average molecular weight is 138 g/mol. The Morgan fingerprint density at radius 1 is 1.60 bits per heavy atom. The molecule has 0 saturated heterocycles. The number of aromatic nitrogens is 2. The van der Waals surface area contributed by atoms with Crippen LogP contribution < -0.4 is 0 Å². The van der Waals surface area contributed by atoms with Crippen LogP contribution in [0.25, 0.3) is 0 Å². The third kappa shape index (κ3) is 1.04. The van der Waals surface area contributed by atoms with Gasteiger partial charge in [-0.25, -0.2) is 4.98 Å². The van der Waals surface area contributed by atoms with E-state index in [1.807, 2.05) is 10.8 Å². The first-order chi connectivity index (χ1) is 4.79. The van der Waals surface area contributed by atoms with Gasteiger partial charge in [-0.3, -0.25) is 0 Å². The first-order valence-electron chi connectivity index (χ1n) is 3.47. The molecule has 3 nitrogen and oxygen atoms in total. The normalized spacial score (nSPS) is 20.9. The number of imidazole rings is 1. The minimum Gasteiger partial charge on any atom is -0.388 e. The molecule has 1 aliphatic carbocycles. The summed E-state index contributed by atoms with van der Waals surface area (Å²) in [6, 6.07) is 0. The molecule has 0 unspecified atom stereocenters. The average Bonchev–Trinajstić information content (AvgIpc) is 2.47. The van der Waals surface area contributed by atoms with Gasteiger partial charge in [0.2, 0.25) is 0 Å². The number of hydrogen-bond donors (Lipinski definition) is 1. The van der Waals surface area contributed by atoms with E-state index in [0.29, 0.717) is 6.54 Å². The van der Waals surface area contributed by atoms with E-state index in [1.54, 1.807) is 12.5 Å². The summed E-state index contributed by atoms with van der Waals surface area (Å²) < 4.78 is 1.91. The van der Waals surface area contributed by atoms with Crippen molar-refractivity contribution < 1.29 is 5.11 Å². The Bertz CT molecular complexity index is 214. The number of hydrogen-bond acceptors (Lipinski definition) is 2. The lowest BCUT2D eigenvalue weighted by Crippen LogP contribution is -2.15. The third-order valence-corrected chi connectivity index (χ3v) is 1.86. The summed E-state index contributed by atoms with van der Waals surface area (Å²) in [5.74, 6) is 0. The molecule has 0 bridgehead atoms. The van der Waals surface area contributed by atoms with Crippen LogP contribution in [0.3, 0.4) is 0 Å². The van der Waals surface area contributed by atoms with E-state index < -0.39 is 5.60 Å². The van der Waals surface area contributed by atoms with E-state index in [2.05, 4.69) is 4.98 Å². The summed E-state index contributed by atoms with van der Waals surface area (Å²) in [5.41, 5.74) is -0.402. The molecule has 54 valence electrons. The van der Waals surface area contributed by atoms with Crippen LogP contribution in [0, 0.1) is 0 Å². The van der Waals surface area contributed by atoms with Gasteiger partial charge in [-0.2, -0.15) is 0 Å². The van der Waals surface area contributed by atoms with E-state index in [1.165, 1.54) is 0 Å². The van der Waals surface area contributed by atoms with E-state index in [-0.39, 0.29) is 0 Å². The lowest BCUT2D eigenvalue weighted by molar-refractivity contribution is 0.129. The Kier molecular flexibility index (Phi) is 1.08. The van der Waals surface area contributed by atoms with Crippen molar-refractivity contribution in [2.45, 2.75) is 25.0 Å². The number of aliphatic hydroxyl groups is 1. The SMILES string of the molecule is OC1(Cn2ccnc2)CC1. The van der Waals surface area contributed by atoms with Gasteiger partial charge in [-0.15, -0.1) is 0 Å². The molecule has 1 aliphatic rings. The van der Waals surface area contributed by atoms with Crippen LogP contribution in [0.1, 0.15) is 12.8 Å². The van der Waals surface area contributed by atoms with Crippen LogP contribution in [-0.2, 0) is 6.54 Å². The molecular weight excluding hydrogens is 128 g/mol. The van der Waals surface area contributed by atoms with E-state index in [4.69, 9.17) is 0 Å². The standard InChI is InChI=1S/C7H10N2O/c10-7(1-2-7)5-9-4-3-8-6-9/h3-4,6,10H,1-2,5H2. The van der Waals surface area contributed by atoms with Crippen LogP contribution in [0.2, 0.25) is 0 Å². The lowest BCUT2D eigenvalue weighted by Gasteiger charge is -2.06. The van der Waals surface area contributed by atoms with Crippen molar-refractivity contribution in [3.05, 3.63) is 18.7 Å². The zero-order valence-corrected chi connectivity index (χ0v) is 5.70. The Labute approximate surface area is 59.3 Å². The Hall–Kier alpha value is -0.830. The Morgan fingerprint density at radius 2 is 2.40 bits per heavy atom. The van der Waals surface area contributed by atoms with Crippen molar-refractivity contribution in [2.75, 3.05) is 0 Å². The first kappa shape index (κ1) is 5.92. The molecular formula is C7H10N2O. The smallest absolute Gasteiger partial charge is 0.0946 e. The predicted molar refractivity (Wildman–Crippen MR) is 36.4 cm³/mol. The van der Waals surface area contributed by atoms with Gasteiger partial charge in [-0.05, 0) is 12.8 Å². The van der Waals surface area contributed by atoms with Gasteiger partial charge in [0, 0.05) is 12.4 Å². The van der Waals surface area contributed by atoms with E-state index >= 15 is 0 Å². The molecule has 0 aromatic carbocycles. The zero-order chi connectivity index (χ0) is 7.03. The predicted octanol–water partition coefficient (Wildman–Crippen LogP) is 0.408. The zero-order valence-electron chi connectivity index (χ0n) is 5.70. The van der Waals surface area contributed by atoms with Gasteiger partial charge in [0.05, 0.1) is 18.5 Å². The topological polar surface area (TPSA) is 38.0 Å². The van der Waals surface area contributed by atoms with Crippen molar-refractivity contribution in [3.8, 4) is 0 Å². The van der Waals surface area contributed by atoms with Crippen LogP contribution in [0.4, 0.5) is 0 Å². The second kappa shape index (κ2) is 1.83. The summed E-state index contributed by atoms with van der Waals surface area (Å²) in [4.78, 5) is 3.89. The highest BCUT2D eigenvalue weighted by molar-refractivity contribution is 4.94. The molecule has 0 amide bonds. The molecule has 3 heteroatoms. The molecule has 1 N–H and O–H groups in total. The number of rotatable bonds is 2. The molecule has 1 saturated carbocycles. The molecule has 0 aliphatic heterocycles. The van der Waals surface area contributed by atoms with Crippen molar-refractivity contribution in [3.63, 3.8) is 0 Å². The van der Waals surface area contributed by atoms with Gasteiger partial charge in [-0.1, -0.05) is 0 Å². The summed E-state index contributed by atoms with van der Waals surface area (Å²) >= 11 is 0. The van der Waals surface area contributed by atoms with Crippen molar-refractivity contribution in [1.82, 2.24) is 9.55 Å². The molecule has 1 aromatic heterocycles. The minimum atomic E-state index is -0.402. The lowest BCUT2D eigenvalue weighted by atomic mass is 10.3. The van der Waals surface area contributed by atoms with Gasteiger partial charge < -0.3 is 9.67 Å². The largest absolute Gasteiger partial charge is 0.388 e. The van der Waals surface area contributed by atoms with Crippen LogP contribution >= 0.6 is 0 Å². The van der Waals surface area contributed by atoms with E-state index in [0.717, 1.165) is 12.8 Å². The van der Waals surface area contributed by atoms with Gasteiger partial charge in [0.25, 0.3) is 0 Å². The molecule has 10 heavy (non-hydrogen) atoms. The first-order valence-corrected chi connectivity index (χ1v) is 3.47. The highest BCUT2D eigenvalue weighted by Gasteiger charge is 2.40. The summed E-state index contributed by atoms with van der Waals surface area (Å²) in [7, 11) is 0. The highest BCUT2D eigenvalue weighted by atomic mass is 16.3. The second-order valence-corrected chi connectivity index (χ2v) is 2.96. The van der Waals surface area contributed by atoms with E-state index in [9.17, 15) is 5.11 Å². The van der Waals surface area contributed by atoms with Crippen molar-refractivity contribution in [2.24, 2.45) is 0 Å². The molecule has 1 heterocycles. The van der Waals surface area contributed by atoms with Gasteiger partial charge >= 0.3 is 0 Å². The fraction of sp³-hybridized carbons (Fsp3) is 0.571. The molecule has 1 aromatic rings. The Morgan fingerprint density at radius 3 is 2.90 bits per heavy atom. The summed E-state index contributed by atoms with van der Waals surface area (Å²) in [6.45, 7) is 0.701. The van der Waals surface area contributed by atoms with Crippen LogP contribution in [0.15, 0.2) is 18.7 Å². The fourth-order valence-electron chi connectivity index (χ4n) is 1.02. The fourth-order valence-corrected chi connectivity index (χ4v) is 1.02.